The van der Waals surface area contributed by atoms with Crippen molar-refractivity contribution >= 4 is 12.2 Å². The van der Waals surface area contributed by atoms with E-state index in [1.54, 1.807) is 43.3 Å². The second kappa shape index (κ2) is 5.87. The van der Waals surface area contributed by atoms with Crippen LogP contribution in [0.5, 0.6) is 0 Å². The molecular weight excluding hydrogens is 206 g/mol. The maximum atomic E-state index is 11.4. The highest BCUT2D eigenvalue weighted by molar-refractivity contribution is 5.82. The van der Waals surface area contributed by atoms with Crippen molar-refractivity contribution in [1.29, 1.82) is 0 Å². The van der Waals surface area contributed by atoms with E-state index in [-0.39, 0.29) is 0 Å². The summed E-state index contributed by atoms with van der Waals surface area (Å²) >= 11 is 0. The molecule has 0 radical (unpaired) electrons. The second-order valence-electron chi connectivity index (χ2n) is 3.50. The number of aliphatic hydroxyl groups excluding tert-OH is 1. The summed E-state index contributed by atoms with van der Waals surface area (Å²) in [6, 6.07) is 8.70. The van der Waals surface area contributed by atoms with E-state index in [2.05, 4.69) is 10.5 Å². The number of amides is 1. The number of rotatable bonds is 4. The van der Waals surface area contributed by atoms with Crippen LogP contribution in [0.3, 0.4) is 0 Å². The molecule has 5 heteroatoms. The normalized spacial score (nSPS) is 12.4. The van der Waals surface area contributed by atoms with Gasteiger partial charge in [-0.25, -0.2) is 5.43 Å². The van der Waals surface area contributed by atoms with Gasteiger partial charge in [0.2, 0.25) is 0 Å². The van der Waals surface area contributed by atoms with Gasteiger partial charge in [0.05, 0.1) is 0 Å². The van der Waals surface area contributed by atoms with Gasteiger partial charge < -0.3 is 10.0 Å². The Hall–Kier alpha value is -1.88. The van der Waals surface area contributed by atoms with Gasteiger partial charge in [-0.05, 0) is 5.56 Å². The minimum absolute atomic E-state index is 0.542. The van der Waals surface area contributed by atoms with Crippen molar-refractivity contribution in [3.8, 4) is 0 Å². The zero-order chi connectivity index (χ0) is 12.0. The van der Waals surface area contributed by atoms with E-state index in [0.29, 0.717) is 5.56 Å². The Morgan fingerprint density at radius 2 is 2.06 bits per heavy atom. The average Bonchev–Trinajstić information content (AvgIpc) is 2.28. The minimum Gasteiger partial charge on any atom is -0.378 e. The van der Waals surface area contributed by atoms with Crippen molar-refractivity contribution in [3.63, 3.8) is 0 Å². The van der Waals surface area contributed by atoms with Gasteiger partial charge >= 0.3 is 0 Å². The van der Waals surface area contributed by atoms with E-state index in [1.807, 2.05) is 6.07 Å². The first kappa shape index (κ1) is 12.2. The van der Waals surface area contributed by atoms with Crippen molar-refractivity contribution in [1.82, 2.24) is 10.3 Å². The minimum atomic E-state index is -1.19. The van der Waals surface area contributed by atoms with E-state index >= 15 is 0 Å². The summed E-state index contributed by atoms with van der Waals surface area (Å²) in [5.74, 6) is -0.552. The fourth-order valence-electron chi connectivity index (χ4n) is 1.06. The summed E-state index contributed by atoms with van der Waals surface area (Å²) < 4.78 is 0. The molecule has 0 aliphatic rings. The molecular formula is C11H15N3O2. The van der Waals surface area contributed by atoms with Crippen LogP contribution in [0.2, 0.25) is 0 Å². The fraction of sp³-hybridized carbons (Fsp3) is 0.273. The summed E-state index contributed by atoms with van der Waals surface area (Å²) in [7, 11) is 3.56. The molecule has 1 aromatic carbocycles. The SMILES string of the molecule is CN(C)/C=N/NC(=O)[C@@H](O)c1ccccc1. The van der Waals surface area contributed by atoms with E-state index in [1.165, 1.54) is 6.34 Å². The number of nitrogens with one attached hydrogen (secondary N) is 1. The molecule has 0 bridgehead atoms. The Kier molecular flexibility index (Phi) is 4.47. The van der Waals surface area contributed by atoms with Crippen molar-refractivity contribution in [3.05, 3.63) is 35.9 Å². The first-order chi connectivity index (χ1) is 7.61. The van der Waals surface area contributed by atoms with Crippen LogP contribution < -0.4 is 5.43 Å². The molecule has 0 heterocycles. The molecule has 0 saturated carbocycles. The molecule has 0 fully saturated rings. The third-order valence-electron chi connectivity index (χ3n) is 1.83. The standard InChI is InChI=1S/C11H15N3O2/c1-14(2)8-12-13-11(16)10(15)9-6-4-3-5-7-9/h3-8,10,15H,1-2H3,(H,13,16)/b12-8+/t10-/m0/s1. The number of hydrogen-bond donors (Lipinski definition) is 2. The lowest BCUT2D eigenvalue weighted by Crippen LogP contribution is -2.26. The molecule has 2 N–H and O–H groups in total. The van der Waals surface area contributed by atoms with Crippen molar-refractivity contribution < 1.29 is 9.90 Å². The van der Waals surface area contributed by atoms with Gasteiger partial charge in [-0.1, -0.05) is 30.3 Å². The first-order valence-electron chi connectivity index (χ1n) is 4.83. The number of hydrogen-bond acceptors (Lipinski definition) is 3. The molecule has 0 saturated heterocycles. The van der Waals surface area contributed by atoms with Gasteiger partial charge in [0, 0.05) is 14.1 Å². The quantitative estimate of drug-likeness (QED) is 0.438. The van der Waals surface area contributed by atoms with Gasteiger partial charge in [0.25, 0.3) is 5.91 Å². The molecule has 0 aliphatic heterocycles. The zero-order valence-electron chi connectivity index (χ0n) is 9.29. The Labute approximate surface area is 94.4 Å². The monoisotopic (exact) mass is 221 g/mol. The maximum Gasteiger partial charge on any atom is 0.273 e. The topological polar surface area (TPSA) is 64.9 Å². The van der Waals surface area contributed by atoms with E-state index < -0.39 is 12.0 Å². The van der Waals surface area contributed by atoms with Crippen molar-refractivity contribution in [2.24, 2.45) is 5.10 Å². The lowest BCUT2D eigenvalue weighted by Gasteiger charge is -2.09. The van der Waals surface area contributed by atoms with Crippen LogP contribution in [0.15, 0.2) is 35.4 Å². The Morgan fingerprint density at radius 3 is 2.62 bits per heavy atom. The van der Waals surface area contributed by atoms with Gasteiger partial charge in [-0.2, -0.15) is 5.10 Å². The highest BCUT2D eigenvalue weighted by Gasteiger charge is 2.15. The summed E-state index contributed by atoms with van der Waals surface area (Å²) in [5.41, 5.74) is 2.79. The van der Waals surface area contributed by atoms with Crippen molar-refractivity contribution in [2.75, 3.05) is 14.1 Å². The first-order valence-corrected chi connectivity index (χ1v) is 4.83. The van der Waals surface area contributed by atoms with E-state index in [4.69, 9.17) is 0 Å². The predicted octanol–water partition coefficient (Wildman–Crippen LogP) is 0.341. The molecule has 1 aromatic rings. The Balaban J connectivity index is 2.55. The molecule has 0 aromatic heterocycles. The van der Waals surface area contributed by atoms with Crippen LogP contribution in [0.4, 0.5) is 0 Å². The third kappa shape index (κ3) is 3.70. The summed E-state index contributed by atoms with van der Waals surface area (Å²) in [5, 5.41) is 13.3. The van der Waals surface area contributed by atoms with Crippen molar-refractivity contribution in [2.45, 2.75) is 6.10 Å². The molecule has 1 amide bonds. The molecule has 0 aliphatic carbocycles. The molecule has 1 atom stereocenters. The molecule has 86 valence electrons. The van der Waals surface area contributed by atoms with E-state index in [9.17, 15) is 9.90 Å². The Bertz CT molecular complexity index is 363. The van der Waals surface area contributed by atoms with E-state index in [0.717, 1.165) is 0 Å². The lowest BCUT2D eigenvalue weighted by molar-refractivity contribution is -0.129. The van der Waals surface area contributed by atoms with Gasteiger partial charge in [0.1, 0.15) is 6.34 Å². The number of nitrogens with zero attached hydrogens (tertiary/aromatic N) is 2. The highest BCUT2D eigenvalue weighted by atomic mass is 16.3. The number of carbonyl (C=O) groups is 1. The van der Waals surface area contributed by atoms with Crippen LogP contribution in [-0.2, 0) is 4.79 Å². The van der Waals surface area contributed by atoms with Crippen LogP contribution in [0.1, 0.15) is 11.7 Å². The smallest absolute Gasteiger partial charge is 0.273 e. The number of benzene rings is 1. The fourth-order valence-corrected chi connectivity index (χ4v) is 1.06. The molecule has 1 rings (SSSR count). The number of carbonyl (C=O) groups excluding carboxylic acids is 1. The maximum absolute atomic E-state index is 11.4. The highest BCUT2D eigenvalue weighted by Crippen LogP contribution is 2.11. The third-order valence-corrected chi connectivity index (χ3v) is 1.83. The van der Waals surface area contributed by atoms with Gasteiger partial charge in [0.15, 0.2) is 6.10 Å². The molecule has 16 heavy (non-hydrogen) atoms. The summed E-state index contributed by atoms with van der Waals surface area (Å²) in [6.07, 6.45) is 0.246. The summed E-state index contributed by atoms with van der Waals surface area (Å²) in [4.78, 5) is 13.1. The lowest BCUT2D eigenvalue weighted by atomic mass is 10.1. The van der Waals surface area contributed by atoms with Gasteiger partial charge in [-0.15, -0.1) is 0 Å². The molecule has 5 nitrogen and oxygen atoms in total. The zero-order valence-corrected chi connectivity index (χ0v) is 9.29. The van der Waals surface area contributed by atoms with Crippen LogP contribution in [0.25, 0.3) is 0 Å². The molecule has 0 spiro atoms. The average molecular weight is 221 g/mol. The van der Waals surface area contributed by atoms with Crippen LogP contribution in [-0.4, -0.2) is 36.3 Å². The Morgan fingerprint density at radius 1 is 1.44 bits per heavy atom. The largest absolute Gasteiger partial charge is 0.378 e. The van der Waals surface area contributed by atoms with Crippen LogP contribution in [0, 0.1) is 0 Å². The van der Waals surface area contributed by atoms with Gasteiger partial charge in [-0.3, -0.25) is 4.79 Å². The second-order valence-corrected chi connectivity index (χ2v) is 3.50. The molecule has 0 unspecified atom stereocenters. The number of aliphatic hydroxyl groups is 1. The summed E-state index contributed by atoms with van der Waals surface area (Å²) in [6.45, 7) is 0. The predicted molar refractivity (Wildman–Crippen MR) is 61.7 cm³/mol. The number of hydrazone groups is 1. The van der Waals surface area contributed by atoms with Crippen LogP contribution >= 0.6 is 0 Å².